The highest BCUT2D eigenvalue weighted by Gasteiger charge is 2.18. The minimum atomic E-state index is -0.379. The van der Waals surface area contributed by atoms with Gasteiger partial charge in [-0.2, -0.15) is 0 Å². The van der Waals surface area contributed by atoms with Crippen molar-refractivity contribution in [1.82, 2.24) is 0 Å². The van der Waals surface area contributed by atoms with E-state index in [-0.39, 0.29) is 11.9 Å². The fourth-order valence-electron chi connectivity index (χ4n) is 2.59. The molecule has 0 aliphatic rings. The number of ether oxygens (including phenoxy) is 3. The van der Waals surface area contributed by atoms with Crippen LogP contribution in [-0.4, -0.2) is 33.2 Å². The fourth-order valence-corrected chi connectivity index (χ4v) is 3.55. The molecule has 1 N–H and O–H groups in total. The molecule has 1 amide bonds. The average Bonchev–Trinajstić information content (AvgIpc) is 3.09. The van der Waals surface area contributed by atoms with Crippen LogP contribution in [0.4, 0.5) is 5.69 Å². The summed E-state index contributed by atoms with van der Waals surface area (Å²) >= 11 is 1.34. The Morgan fingerprint density at radius 3 is 2.27 bits per heavy atom. The summed E-state index contributed by atoms with van der Waals surface area (Å²) < 4.78 is 16.2. The standard InChI is InChI=1S/C19H17NO5S/c1-23-13-5-4-6-14(24-2)17(13)18(21)20-12-7-8-15-11(9-12)10-16(26-15)19(22)25-3/h4-10H,1-3H3,(H,20,21). The molecule has 7 heteroatoms. The van der Waals surface area contributed by atoms with Crippen molar-refractivity contribution in [1.29, 1.82) is 0 Å². The molecule has 1 aromatic heterocycles. The number of methoxy groups -OCH3 is 3. The highest BCUT2D eigenvalue weighted by Crippen LogP contribution is 2.31. The van der Waals surface area contributed by atoms with Crippen LogP contribution in [0, 0.1) is 0 Å². The van der Waals surface area contributed by atoms with Crippen molar-refractivity contribution in [3.05, 3.63) is 52.9 Å². The normalized spacial score (nSPS) is 10.4. The van der Waals surface area contributed by atoms with Crippen molar-refractivity contribution in [3.63, 3.8) is 0 Å². The topological polar surface area (TPSA) is 73.9 Å². The number of hydrogen-bond donors (Lipinski definition) is 1. The maximum Gasteiger partial charge on any atom is 0.348 e. The zero-order valence-electron chi connectivity index (χ0n) is 14.5. The van der Waals surface area contributed by atoms with E-state index < -0.39 is 0 Å². The van der Waals surface area contributed by atoms with Crippen LogP contribution >= 0.6 is 11.3 Å². The second kappa shape index (κ2) is 7.45. The summed E-state index contributed by atoms with van der Waals surface area (Å²) in [4.78, 5) is 24.9. The lowest BCUT2D eigenvalue weighted by atomic mass is 10.1. The Balaban J connectivity index is 1.91. The lowest BCUT2D eigenvalue weighted by Gasteiger charge is -2.13. The van der Waals surface area contributed by atoms with Gasteiger partial charge in [0.15, 0.2) is 0 Å². The summed E-state index contributed by atoms with van der Waals surface area (Å²) in [6, 6.07) is 12.3. The predicted octanol–water partition coefficient (Wildman–Crippen LogP) is 3.96. The molecule has 0 aliphatic heterocycles. The monoisotopic (exact) mass is 371 g/mol. The van der Waals surface area contributed by atoms with Gasteiger partial charge in [-0.3, -0.25) is 4.79 Å². The van der Waals surface area contributed by atoms with Gasteiger partial charge < -0.3 is 19.5 Å². The highest BCUT2D eigenvalue weighted by atomic mass is 32.1. The van der Waals surface area contributed by atoms with Crippen LogP contribution in [0.3, 0.4) is 0 Å². The first-order chi connectivity index (χ1) is 12.6. The Kier molecular flexibility index (Phi) is 5.09. The van der Waals surface area contributed by atoms with Gasteiger partial charge in [-0.15, -0.1) is 11.3 Å². The summed E-state index contributed by atoms with van der Waals surface area (Å²) in [5, 5.41) is 3.69. The van der Waals surface area contributed by atoms with Gasteiger partial charge in [-0.05, 0) is 41.8 Å². The maximum absolute atomic E-state index is 12.7. The van der Waals surface area contributed by atoms with Crippen molar-refractivity contribution >= 4 is 39.0 Å². The van der Waals surface area contributed by atoms with Crippen LogP contribution in [0.15, 0.2) is 42.5 Å². The zero-order chi connectivity index (χ0) is 18.7. The third-order valence-electron chi connectivity index (χ3n) is 3.82. The highest BCUT2D eigenvalue weighted by molar-refractivity contribution is 7.20. The minimum absolute atomic E-state index is 0.318. The predicted molar refractivity (Wildman–Crippen MR) is 101 cm³/mol. The molecule has 0 radical (unpaired) electrons. The summed E-state index contributed by atoms with van der Waals surface area (Å²) in [5.41, 5.74) is 0.919. The van der Waals surface area contributed by atoms with Gasteiger partial charge in [-0.1, -0.05) is 6.07 Å². The summed E-state index contributed by atoms with van der Waals surface area (Å²) in [6.45, 7) is 0. The summed E-state index contributed by atoms with van der Waals surface area (Å²) in [5.74, 6) is 0.121. The quantitative estimate of drug-likeness (QED) is 0.687. The molecule has 3 rings (SSSR count). The van der Waals surface area contributed by atoms with Crippen molar-refractivity contribution in [2.45, 2.75) is 0 Å². The Bertz CT molecular complexity index is 957. The number of carbonyl (C=O) groups excluding carboxylic acids is 2. The lowest BCUT2D eigenvalue weighted by molar-refractivity contribution is 0.0606. The van der Waals surface area contributed by atoms with E-state index in [0.717, 1.165) is 10.1 Å². The molecule has 134 valence electrons. The molecular weight excluding hydrogens is 354 g/mol. The Labute approximate surface area is 154 Å². The first kappa shape index (κ1) is 17.8. The number of rotatable bonds is 5. The number of carbonyl (C=O) groups is 2. The SMILES string of the molecule is COC(=O)c1cc2cc(NC(=O)c3c(OC)cccc3OC)ccc2s1. The van der Waals surface area contributed by atoms with E-state index in [9.17, 15) is 9.59 Å². The molecule has 26 heavy (non-hydrogen) atoms. The second-order valence-electron chi connectivity index (χ2n) is 5.35. The first-order valence-electron chi connectivity index (χ1n) is 7.71. The number of amides is 1. The third-order valence-corrected chi connectivity index (χ3v) is 4.91. The Morgan fingerprint density at radius 2 is 1.65 bits per heavy atom. The molecule has 0 fully saturated rings. The number of nitrogens with one attached hydrogen (secondary N) is 1. The van der Waals surface area contributed by atoms with Crippen molar-refractivity contribution in [2.75, 3.05) is 26.6 Å². The third kappa shape index (κ3) is 3.34. The largest absolute Gasteiger partial charge is 0.496 e. The van der Waals surface area contributed by atoms with Crippen molar-refractivity contribution in [3.8, 4) is 11.5 Å². The number of anilines is 1. The Morgan fingerprint density at radius 1 is 0.962 bits per heavy atom. The number of benzene rings is 2. The molecule has 0 saturated heterocycles. The lowest BCUT2D eigenvalue weighted by Crippen LogP contribution is -2.14. The first-order valence-corrected chi connectivity index (χ1v) is 8.53. The van der Waals surface area contributed by atoms with Crippen LogP contribution in [0.5, 0.6) is 11.5 Å². The van der Waals surface area contributed by atoms with E-state index in [4.69, 9.17) is 14.2 Å². The smallest absolute Gasteiger partial charge is 0.348 e. The molecule has 6 nitrogen and oxygen atoms in total. The number of esters is 1. The van der Waals surface area contributed by atoms with E-state index in [1.54, 1.807) is 36.4 Å². The molecule has 3 aromatic rings. The van der Waals surface area contributed by atoms with Gasteiger partial charge in [0.2, 0.25) is 0 Å². The van der Waals surface area contributed by atoms with E-state index in [0.29, 0.717) is 27.6 Å². The number of fused-ring (bicyclic) bond motifs is 1. The van der Waals surface area contributed by atoms with Gasteiger partial charge in [0, 0.05) is 10.4 Å². The van der Waals surface area contributed by atoms with Crippen molar-refractivity contribution in [2.24, 2.45) is 0 Å². The van der Waals surface area contributed by atoms with E-state index >= 15 is 0 Å². The Hall–Kier alpha value is -3.06. The van der Waals surface area contributed by atoms with Gasteiger partial charge in [0.05, 0.1) is 21.3 Å². The second-order valence-corrected chi connectivity index (χ2v) is 6.43. The molecule has 0 saturated carbocycles. The van der Waals surface area contributed by atoms with E-state index in [1.807, 2.05) is 6.07 Å². The van der Waals surface area contributed by atoms with Crippen LogP contribution in [-0.2, 0) is 4.74 Å². The molecule has 0 unspecified atom stereocenters. The molecule has 1 heterocycles. The van der Waals surface area contributed by atoms with E-state index in [1.165, 1.54) is 32.7 Å². The number of thiophene rings is 1. The average molecular weight is 371 g/mol. The number of hydrogen-bond acceptors (Lipinski definition) is 6. The molecule has 0 atom stereocenters. The molecular formula is C19H17NO5S. The van der Waals surface area contributed by atoms with Crippen LogP contribution in [0.1, 0.15) is 20.0 Å². The van der Waals surface area contributed by atoms with Crippen LogP contribution < -0.4 is 14.8 Å². The van der Waals surface area contributed by atoms with Crippen LogP contribution in [0.25, 0.3) is 10.1 Å². The van der Waals surface area contributed by atoms with Gasteiger partial charge in [-0.25, -0.2) is 4.79 Å². The zero-order valence-corrected chi connectivity index (χ0v) is 15.3. The fraction of sp³-hybridized carbons (Fsp3) is 0.158. The van der Waals surface area contributed by atoms with Gasteiger partial charge >= 0.3 is 5.97 Å². The molecule has 0 bridgehead atoms. The molecule has 0 spiro atoms. The molecule has 2 aromatic carbocycles. The van der Waals surface area contributed by atoms with Gasteiger partial charge in [0.1, 0.15) is 21.9 Å². The summed E-state index contributed by atoms with van der Waals surface area (Å²) in [6.07, 6.45) is 0. The minimum Gasteiger partial charge on any atom is -0.496 e. The van der Waals surface area contributed by atoms with Gasteiger partial charge in [0.25, 0.3) is 5.91 Å². The van der Waals surface area contributed by atoms with Crippen molar-refractivity contribution < 1.29 is 23.8 Å². The molecule has 0 aliphatic carbocycles. The van der Waals surface area contributed by atoms with Crippen LogP contribution in [0.2, 0.25) is 0 Å². The maximum atomic E-state index is 12.7. The van der Waals surface area contributed by atoms with E-state index in [2.05, 4.69) is 5.32 Å². The summed E-state index contributed by atoms with van der Waals surface area (Å²) in [7, 11) is 4.34.